The highest BCUT2D eigenvalue weighted by atomic mass is 16.5. The highest BCUT2D eigenvalue weighted by Gasteiger charge is 2.48. The summed E-state index contributed by atoms with van der Waals surface area (Å²) in [5, 5.41) is 0. The van der Waals surface area contributed by atoms with E-state index in [2.05, 4.69) is 6.92 Å². The molecule has 1 rings (SSSR count). The molecule has 1 fully saturated rings. The van der Waals surface area contributed by atoms with Crippen LogP contribution in [0.15, 0.2) is 0 Å². The molecule has 110 valence electrons. The molecule has 1 aliphatic rings. The molecule has 0 aliphatic heterocycles. The summed E-state index contributed by atoms with van der Waals surface area (Å²) < 4.78 is 10.9. The fourth-order valence-electron chi connectivity index (χ4n) is 2.99. The van der Waals surface area contributed by atoms with Gasteiger partial charge in [-0.1, -0.05) is 6.92 Å². The zero-order valence-electron chi connectivity index (χ0n) is 12.7. The Morgan fingerprint density at radius 2 is 2.00 bits per heavy atom. The molecule has 0 unspecified atom stereocenters. The number of aldehydes is 1. The zero-order chi connectivity index (χ0) is 14.7. The fourth-order valence-corrected chi connectivity index (χ4v) is 2.99. The summed E-state index contributed by atoms with van der Waals surface area (Å²) in [7, 11) is 1.40. The first-order valence-electron chi connectivity index (χ1n) is 6.91. The maximum Gasteiger partial charge on any atom is 0.305 e. The van der Waals surface area contributed by atoms with Gasteiger partial charge in [0.05, 0.1) is 18.8 Å². The van der Waals surface area contributed by atoms with Gasteiger partial charge >= 0.3 is 5.97 Å². The maximum absolute atomic E-state index is 11.5. The largest absolute Gasteiger partial charge is 0.469 e. The van der Waals surface area contributed by atoms with Crippen LogP contribution in [-0.2, 0) is 19.1 Å². The van der Waals surface area contributed by atoms with Crippen LogP contribution in [-0.4, -0.2) is 31.1 Å². The van der Waals surface area contributed by atoms with Crippen LogP contribution in [0.3, 0.4) is 0 Å². The van der Waals surface area contributed by atoms with Crippen molar-refractivity contribution in [1.82, 2.24) is 0 Å². The van der Waals surface area contributed by atoms with E-state index in [1.54, 1.807) is 0 Å². The molecule has 0 bridgehead atoms. The second-order valence-electron chi connectivity index (χ2n) is 6.65. The van der Waals surface area contributed by atoms with Crippen molar-refractivity contribution in [1.29, 1.82) is 0 Å². The summed E-state index contributed by atoms with van der Waals surface area (Å²) in [6, 6.07) is 0. The molecule has 0 N–H and O–H groups in total. The van der Waals surface area contributed by atoms with Crippen molar-refractivity contribution in [3.8, 4) is 0 Å². The molecule has 3 atom stereocenters. The highest BCUT2D eigenvalue weighted by Crippen LogP contribution is 2.49. The number of methoxy groups -OCH3 is 1. The second kappa shape index (κ2) is 6.04. The first-order valence-corrected chi connectivity index (χ1v) is 6.91. The van der Waals surface area contributed by atoms with E-state index in [0.717, 1.165) is 19.1 Å². The Kier molecular flexibility index (Phi) is 5.13. The lowest BCUT2D eigenvalue weighted by Crippen LogP contribution is -2.40. The van der Waals surface area contributed by atoms with E-state index in [0.29, 0.717) is 12.8 Å². The number of ether oxygens (including phenoxy) is 2. The van der Waals surface area contributed by atoms with Gasteiger partial charge in [-0.2, -0.15) is 0 Å². The van der Waals surface area contributed by atoms with Crippen LogP contribution in [0.25, 0.3) is 0 Å². The van der Waals surface area contributed by atoms with Gasteiger partial charge in [-0.25, -0.2) is 0 Å². The van der Waals surface area contributed by atoms with Crippen molar-refractivity contribution in [2.24, 2.45) is 11.3 Å². The van der Waals surface area contributed by atoms with Gasteiger partial charge in [0.25, 0.3) is 0 Å². The van der Waals surface area contributed by atoms with Crippen molar-refractivity contribution >= 4 is 12.3 Å². The molecular weight excluding hydrogens is 244 g/mol. The summed E-state index contributed by atoms with van der Waals surface area (Å²) in [6.07, 6.45) is 3.55. The van der Waals surface area contributed by atoms with Gasteiger partial charge in [-0.05, 0) is 39.5 Å². The van der Waals surface area contributed by atoms with E-state index < -0.39 is 0 Å². The van der Waals surface area contributed by atoms with E-state index in [-0.39, 0.29) is 29.0 Å². The SMILES string of the molecule is COC(=O)C[C@H]1CC[C@H](OC(C)(C)C)[C@@]1(C)CC=O. The predicted molar refractivity (Wildman–Crippen MR) is 72.8 cm³/mol. The summed E-state index contributed by atoms with van der Waals surface area (Å²) in [5.41, 5.74) is -0.516. The van der Waals surface area contributed by atoms with Crippen molar-refractivity contribution in [2.75, 3.05) is 7.11 Å². The van der Waals surface area contributed by atoms with Crippen LogP contribution in [0.5, 0.6) is 0 Å². The number of rotatable bonds is 5. The molecule has 1 saturated carbocycles. The van der Waals surface area contributed by atoms with Crippen molar-refractivity contribution in [3.05, 3.63) is 0 Å². The van der Waals surface area contributed by atoms with E-state index in [1.807, 2.05) is 20.8 Å². The van der Waals surface area contributed by atoms with Gasteiger partial charge < -0.3 is 14.3 Å². The molecule has 0 radical (unpaired) electrons. The lowest BCUT2D eigenvalue weighted by Gasteiger charge is -2.38. The summed E-state index contributed by atoms with van der Waals surface area (Å²) in [6.45, 7) is 8.10. The number of carbonyl (C=O) groups excluding carboxylic acids is 2. The standard InChI is InChI=1S/C15H26O4/c1-14(2,3)19-12-7-6-11(10-13(17)18-5)15(12,4)8-9-16/h9,11-12H,6-8,10H2,1-5H3/t11-,12+,15+/m1/s1. The Labute approximate surface area is 115 Å². The zero-order valence-corrected chi connectivity index (χ0v) is 12.7. The highest BCUT2D eigenvalue weighted by molar-refractivity contribution is 5.69. The molecule has 0 amide bonds. The minimum absolute atomic E-state index is 0.0207. The summed E-state index contributed by atoms with van der Waals surface area (Å²) in [4.78, 5) is 22.5. The molecule has 0 spiro atoms. The van der Waals surface area contributed by atoms with Gasteiger partial charge in [-0.15, -0.1) is 0 Å². The van der Waals surface area contributed by atoms with E-state index in [9.17, 15) is 9.59 Å². The molecule has 0 aromatic heterocycles. The summed E-state index contributed by atoms with van der Waals surface area (Å²) in [5.74, 6) is -0.0592. The molecule has 0 heterocycles. The van der Waals surface area contributed by atoms with E-state index >= 15 is 0 Å². The first kappa shape index (κ1) is 16.2. The normalized spacial score (nSPS) is 31.2. The minimum Gasteiger partial charge on any atom is -0.469 e. The maximum atomic E-state index is 11.5. The number of esters is 1. The third-order valence-electron chi connectivity index (χ3n) is 4.11. The molecule has 19 heavy (non-hydrogen) atoms. The fraction of sp³-hybridized carbons (Fsp3) is 0.867. The van der Waals surface area contributed by atoms with Gasteiger partial charge in [0.15, 0.2) is 0 Å². The van der Waals surface area contributed by atoms with Crippen LogP contribution >= 0.6 is 0 Å². The summed E-state index contributed by atoms with van der Waals surface area (Å²) >= 11 is 0. The van der Waals surface area contributed by atoms with Gasteiger partial charge in [0, 0.05) is 18.3 Å². The Morgan fingerprint density at radius 3 is 2.47 bits per heavy atom. The Balaban J connectivity index is 2.85. The predicted octanol–water partition coefficient (Wildman–Crippen LogP) is 2.74. The molecule has 0 aromatic rings. The van der Waals surface area contributed by atoms with Crippen molar-refractivity contribution < 1.29 is 19.1 Å². The number of carbonyl (C=O) groups is 2. The van der Waals surface area contributed by atoms with E-state index in [4.69, 9.17) is 9.47 Å². The Morgan fingerprint density at radius 1 is 1.37 bits per heavy atom. The van der Waals surface area contributed by atoms with Crippen molar-refractivity contribution in [2.45, 2.75) is 65.1 Å². The smallest absolute Gasteiger partial charge is 0.305 e. The molecule has 4 nitrogen and oxygen atoms in total. The van der Waals surface area contributed by atoms with E-state index in [1.165, 1.54) is 7.11 Å². The quantitative estimate of drug-likeness (QED) is 0.569. The lowest BCUT2D eigenvalue weighted by atomic mass is 9.74. The van der Waals surface area contributed by atoms with Crippen LogP contribution in [0.4, 0.5) is 0 Å². The van der Waals surface area contributed by atoms with Crippen molar-refractivity contribution in [3.63, 3.8) is 0 Å². The monoisotopic (exact) mass is 270 g/mol. The third-order valence-corrected chi connectivity index (χ3v) is 4.11. The lowest BCUT2D eigenvalue weighted by molar-refractivity contribution is -0.145. The minimum atomic E-state index is -0.275. The van der Waals surface area contributed by atoms with Crippen LogP contribution < -0.4 is 0 Å². The van der Waals surface area contributed by atoms with Crippen LogP contribution in [0.1, 0.15) is 53.4 Å². The first-order chi connectivity index (χ1) is 8.73. The average molecular weight is 270 g/mol. The molecule has 0 saturated heterocycles. The number of hydrogen-bond acceptors (Lipinski definition) is 4. The van der Waals surface area contributed by atoms with Crippen LogP contribution in [0.2, 0.25) is 0 Å². The third kappa shape index (κ3) is 4.03. The Bertz CT molecular complexity index is 332. The second-order valence-corrected chi connectivity index (χ2v) is 6.65. The topological polar surface area (TPSA) is 52.6 Å². The van der Waals surface area contributed by atoms with Crippen LogP contribution in [0, 0.1) is 11.3 Å². The molecular formula is C15H26O4. The Hall–Kier alpha value is -0.900. The molecule has 1 aliphatic carbocycles. The van der Waals surface area contributed by atoms with Gasteiger partial charge in [-0.3, -0.25) is 4.79 Å². The average Bonchev–Trinajstić information content (AvgIpc) is 2.56. The molecule has 4 heteroatoms. The molecule has 0 aromatic carbocycles. The number of hydrogen-bond donors (Lipinski definition) is 0. The van der Waals surface area contributed by atoms with Gasteiger partial charge in [0.1, 0.15) is 6.29 Å². The van der Waals surface area contributed by atoms with Gasteiger partial charge in [0.2, 0.25) is 0 Å².